The lowest BCUT2D eigenvalue weighted by Crippen LogP contribution is -2.33. The number of hydrogen-bond donors (Lipinski definition) is 2. The van der Waals surface area contributed by atoms with E-state index in [1.807, 2.05) is 38.1 Å². The van der Waals surface area contributed by atoms with Crippen LogP contribution in [0.4, 0.5) is 0 Å². The second-order valence-electron chi connectivity index (χ2n) is 4.21. The van der Waals surface area contributed by atoms with Crippen LogP contribution in [0.25, 0.3) is 0 Å². The number of carbonyl (C=O) groups excluding carboxylic acids is 1. The van der Waals surface area contributed by atoms with Crippen LogP contribution in [0, 0.1) is 6.92 Å². The van der Waals surface area contributed by atoms with E-state index in [2.05, 4.69) is 5.32 Å². The van der Waals surface area contributed by atoms with Crippen molar-refractivity contribution in [1.82, 2.24) is 5.32 Å². The van der Waals surface area contributed by atoms with Gasteiger partial charge in [-0.3, -0.25) is 4.79 Å². The van der Waals surface area contributed by atoms with Crippen molar-refractivity contribution in [2.45, 2.75) is 26.3 Å². The van der Waals surface area contributed by atoms with Crippen LogP contribution >= 0.6 is 0 Å². The van der Waals surface area contributed by atoms with Crippen LogP contribution in [0.3, 0.4) is 0 Å². The molecule has 0 heterocycles. The fraction of sp³-hybridized carbons (Fsp3) is 0.286. The van der Waals surface area contributed by atoms with E-state index in [1.54, 1.807) is 0 Å². The van der Waals surface area contributed by atoms with Gasteiger partial charge in [-0.15, -0.1) is 0 Å². The summed E-state index contributed by atoms with van der Waals surface area (Å²) in [5.74, 6) is -1.52. The number of carboxylic acids is 1. The molecule has 0 spiro atoms. The number of amides is 1. The SMILES string of the molecule is Cc1ccccc1CC(C)NC(=O)/C=C/C(=O)O. The van der Waals surface area contributed by atoms with E-state index < -0.39 is 11.9 Å². The van der Waals surface area contributed by atoms with Gasteiger partial charge in [0.15, 0.2) is 0 Å². The number of aryl methyl sites for hydroxylation is 1. The van der Waals surface area contributed by atoms with Crippen LogP contribution in [0.15, 0.2) is 36.4 Å². The molecule has 0 aromatic heterocycles. The minimum absolute atomic E-state index is 0.0444. The van der Waals surface area contributed by atoms with Gasteiger partial charge in [0.25, 0.3) is 0 Å². The standard InChI is InChI=1S/C14H17NO3/c1-10-5-3-4-6-12(10)9-11(2)15-13(16)7-8-14(17)18/h3-8,11H,9H2,1-2H3,(H,15,16)(H,17,18)/b8-7+. The Kier molecular flexibility index (Phi) is 5.11. The third kappa shape index (κ3) is 4.82. The van der Waals surface area contributed by atoms with E-state index in [0.29, 0.717) is 0 Å². The van der Waals surface area contributed by atoms with Gasteiger partial charge >= 0.3 is 5.97 Å². The monoisotopic (exact) mass is 247 g/mol. The number of nitrogens with one attached hydrogen (secondary N) is 1. The van der Waals surface area contributed by atoms with Crippen molar-refractivity contribution < 1.29 is 14.7 Å². The summed E-state index contributed by atoms with van der Waals surface area (Å²) in [6.45, 7) is 3.91. The summed E-state index contributed by atoms with van der Waals surface area (Å²) in [5.41, 5.74) is 2.35. The Morgan fingerprint density at radius 1 is 1.33 bits per heavy atom. The third-order valence-electron chi connectivity index (χ3n) is 2.55. The number of rotatable bonds is 5. The molecule has 18 heavy (non-hydrogen) atoms. The quantitative estimate of drug-likeness (QED) is 0.778. The van der Waals surface area contributed by atoms with Crippen molar-refractivity contribution in [3.63, 3.8) is 0 Å². The zero-order valence-corrected chi connectivity index (χ0v) is 10.5. The van der Waals surface area contributed by atoms with Gasteiger partial charge in [0.05, 0.1) is 0 Å². The molecule has 1 rings (SSSR count). The molecule has 0 fully saturated rings. The fourth-order valence-electron chi connectivity index (χ4n) is 1.66. The number of aliphatic carboxylic acids is 1. The summed E-state index contributed by atoms with van der Waals surface area (Å²) in [6.07, 6.45) is 2.58. The van der Waals surface area contributed by atoms with E-state index in [9.17, 15) is 9.59 Å². The number of carbonyl (C=O) groups is 2. The first-order valence-electron chi connectivity index (χ1n) is 5.75. The lowest BCUT2D eigenvalue weighted by atomic mass is 10.0. The van der Waals surface area contributed by atoms with Crippen molar-refractivity contribution in [3.8, 4) is 0 Å². The van der Waals surface area contributed by atoms with Crippen molar-refractivity contribution in [2.75, 3.05) is 0 Å². The lowest BCUT2D eigenvalue weighted by Gasteiger charge is -2.14. The molecule has 96 valence electrons. The normalized spacial score (nSPS) is 12.3. The molecule has 1 amide bonds. The Bertz CT molecular complexity index is 466. The summed E-state index contributed by atoms with van der Waals surface area (Å²) in [7, 11) is 0. The molecule has 4 heteroatoms. The van der Waals surface area contributed by atoms with Crippen LogP contribution in [0.1, 0.15) is 18.1 Å². The predicted molar refractivity (Wildman–Crippen MR) is 69.3 cm³/mol. The van der Waals surface area contributed by atoms with Crippen LogP contribution in [-0.4, -0.2) is 23.0 Å². The minimum atomic E-state index is -1.13. The van der Waals surface area contributed by atoms with Gasteiger partial charge in [-0.1, -0.05) is 24.3 Å². The Balaban J connectivity index is 2.52. The zero-order chi connectivity index (χ0) is 13.5. The smallest absolute Gasteiger partial charge is 0.328 e. The topological polar surface area (TPSA) is 66.4 Å². The first kappa shape index (κ1) is 14.0. The highest BCUT2D eigenvalue weighted by molar-refractivity contribution is 5.93. The van der Waals surface area contributed by atoms with Crippen molar-refractivity contribution in [2.24, 2.45) is 0 Å². The van der Waals surface area contributed by atoms with Crippen molar-refractivity contribution >= 4 is 11.9 Å². The molecule has 0 saturated heterocycles. The molecule has 1 aromatic carbocycles. The molecule has 1 unspecified atom stereocenters. The summed E-state index contributed by atoms with van der Waals surface area (Å²) in [5, 5.41) is 11.1. The maximum absolute atomic E-state index is 11.4. The van der Waals surface area contributed by atoms with Gasteiger partial charge in [0.2, 0.25) is 5.91 Å². The Morgan fingerprint density at radius 3 is 2.61 bits per heavy atom. The molecular formula is C14H17NO3. The highest BCUT2D eigenvalue weighted by atomic mass is 16.4. The molecule has 0 aliphatic carbocycles. The Labute approximate surface area is 106 Å². The highest BCUT2D eigenvalue weighted by Gasteiger charge is 2.07. The summed E-state index contributed by atoms with van der Waals surface area (Å²) >= 11 is 0. The van der Waals surface area contributed by atoms with E-state index in [0.717, 1.165) is 18.6 Å². The molecule has 1 atom stereocenters. The largest absolute Gasteiger partial charge is 0.478 e. The predicted octanol–water partition coefficient (Wildman–Crippen LogP) is 1.68. The van der Waals surface area contributed by atoms with Gasteiger partial charge in [0, 0.05) is 18.2 Å². The van der Waals surface area contributed by atoms with Crippen LogP contribution in [0.2, 0.25) is 0 Å². The van der Waals surface area contributed by atoms with Gasteiger partial charge in [-0.2, -0.15) is 0 Å². The maximum atomic E-state index is 11.4. The number of benzene rings is 1. The average molecular weight is 247 g/mol. The average Bonchev–Trinajstić information content (AvgIpc) is 2.29. The fourth-order valence-corrected chi connectivity index (χ4v) is 1.66. The van der Waals surface area contributed by atoms with E-state index in [4.69, 9.17) is 5.11 Å². The first-order valence-corrected chi connectivity index (χ1v) is 5.75. The molecule has 0 aliphatic heterocycles. The van der Waals surface area contributed by atoms with Crippen molar-refractivity contribution in [3.05, 3.63) is 47.5 Å². The van der Waals surface area contributed by atoms with Gasteiger partial charge in [0.1, 0.15) is 0 Å². The van der Waals surface area contributed by atoms with Crippen LogP contribution in [0.5, 0.6) is 0 Å². The van der Waals surface area contributed by atoms with Gasteiger partial charge < -0.3 is 10.4 Å². The summed E-state index contributed by atoms with van der Waals surface area (Å²) in [6, 6.07) is 7.93. The molecule has 0 saturated carbocycles. The molecular weight excluding hydrogens is 230 g/mol. The van der Waals surface area contributed by atoms with Crippen molar-refractivity contribution in [1.29, 1.82) is 0 Å². The van der Waals surface area contributed by atoms with E-state index in [1.165, 1.54) is 11.1 Å². The first-order chi connectivity index (χ1) is 8.49. The second kappa shape index (κ2) is 6.59. The summed E-state index contributed by atoms with van der Waals surface area (Å²) < 4.78 is 0. The Morgan fingerprint density at radius 2 is 2.00 bits per heavy atom. The molecule has 2 N–H and O–H groups in total. The van der Waals surface area contributed by atoms with E-state index in [-0.39, 0.29) is 6.04 Å². The highest BCUT2D eigenvalue weighted by Crippen LogP contribution is 2.09. The van der Waals surface area contributed by atoms with Gasteiger partial charge in [-0.05, 0) is 31.4 Å². The summed E-state index contributed by atoms with van der Waals surface area (Å²) in [4.78, 5) is 21.6. The molecule has 0 aliphatic rings. The molecule has 1 aromatic rings. The second-order valence-corrected chi connectivity index (χ2v) is 4.21. The third-order valence-corrected chi connectivity index (χ3v) is 2.55. The number of carboxylic acid groups (broad SMARTS) is 1. The molecule has 0 radical (unpaired) electrons. The zero-order valence-electron chi connectivity index (χ0n) is 10.5. The Hall–Kier alpha value is -2.10. The van der Waals surface area contributed by atoms with Gasteiger partial charge in [-0.25, -0.2) is 4.79 Å². The van der Waals surface area contributed by atoms with Crippen LogP contribution in [-0.2, 0) is 16.0 Å². The van der Waals surface area contributed by atoms with Crippen LogP contribution < -0.4 is 5.32 Å². The molecule has 0 bridgehead atoms. The maximum Gasteiger partial charge on any atom is 0.328 e. The van der Waals surface area contributed by atoms with E-state index >= 15 is 0 Å². The molecule has 4 nitrogen and oxygen atoms in total. The number of hydrogen-bond acceptors (Lipinski definition) is 2. The lowest BCUT2D eigenvalue weighted by molar-refractivity contribution is -0.131. The minimum Gasteiger partial charge on any atom is -0.478 e.